The van der Waals surface area contributed by atoms with Gasteiger partial charge in [-0.25, -0.2) is 9.97 Å². The van der Waals surface area contributed by atoms with E-state index in [4.69, 9.17) is 4.52 Å². The minimum Gasteiger partial charge on any atom is -0.359 e. The molecule has 1 N–H and O–H groups in total. The van der Waals surface area contributed by atoms with Crippen molar-refractivity contribution >= 4 is 17.5 Å². The predicted molar refractivity (Wildman–Crippen MR) is 96.0 cm³/mol. The summed E-state index contributed by atoms with van der Waals surface area (Å²) >= 11 is 0. The second kappa shape index (κ2) is 6.95. The summed E-state index contributed by atoms with van der Waals surface area (Å²) in [5.74, 6) is 1.10. The molecule has 26 heavy (non-hydrogen) atoms. The smallest absolute Gasteiger partial charge is 0.257 e. The summed E-state index contributed by atoms with van der Waals surface area (Å²) in [4.78, 5) is 23.2. The Balaban J connectivity index is 1.49. The summed E-state index contributed by atoms with van der Waals surface area (Å²) in [6.45, 7) is 2.56. The molecular formula is C19H19N5O2. The van der Waals surface area contributed by atoms with Crippen molar-refractivity contribution in [2.75, 3.05) is 11.9 Å². The lowest BCUT2D eigenvalue weighted by Crippen LogP contribution is -2.30. The third kappa shape index (κ3) is 3.28. The Kier molecular flexibility index (Phi) is 4.35. The van der Waals surface area contributed by atoms with E-state index < -0.39 is 0 Å². The monoisotopic (exact) mass is 349 g/mol. The highest BCUT2D eigenvalue weighted by Gasteiger charge is 2.33. The topological polar surface area (TPSA) is 84.2 Å². The van der Waals surface area contributed by atoms with Crippen LogP contribution in [0.5, 0.6) is 0 Å². The van der Waals surface area contributed by atoms with Gasteiger partial charge in [-0.1, -0.05) is 23.4 Å². The first-order valence-electron chi connectivity index (χ1n) is 8.59. The van der Waals surface area contributed by atoms with Gasteiger partial charge in [0.25, 0.3) is 5.91 Å². The zero-order valence-corrected chi connectivity index (χ0v) is 14.4. The first-order chi connectivity index (χ1) is 12.7. The predicted octanol–water partition coefficient (Wildman–Crippen LogP) is 3.49. The molecular weight excluding hydrogens is 330 g/mol. The van der Waals surface area contributed by atoms with E-state index in [-0.39, 0.29) is 11.9 Å². The molecule has 1 aliphatic rings. The Labute approximate surface area is 151 Å². The lowest BCUT2D eigenvalue weighted by atomic mass is 10.1. The third-order valence-electron chi connectivity index (χ3n) is 4.42. The molecule has 7 nitrogen and oxygen atoms in total. The summed E-state index contributed by atoms with van der Waals surface area (Å²) in [5.41, 5.74) is 2.18. The van der Waals surface area contributed by atoms with Crippen molar-refractivity contribution in [2.24, 2.45) is 0 Å². The summed E-state index contributed by atoms with van der Waals surface area (Å²) in [5, 5.41) is 7.04. The van der Waals surface area contributed by atoms with Crippen molar-refractivity contribution in [3.63, 3.8) is 0 Å². The number of hydrogen-bond donors (Lipinski definition) is 1. The van der Waals surface area contributed by atoms with Crippen LogP contribution in [-0.4, -0.2) is 32.5 Å². The number of nitrogens with one attached hydrogen (secondary N) is 1. The molecule has 1 fully saturated rings. The molecule has 1 saturated heterocycles. The lowest BCUT2D eigenvalue weighted by Gasteiger charge is -2.22. The number of likely N-dealkylation sites (tertiary alicyclic amines) is 1. The summed E-state index contributed by atoms with van der Waals surface area (Å²) < 4.78 is 5.36. The molecule has 0 radical (unpaired) electrons. The second-order valence-corrected chi connectivity index (χ2v) is 6.31. The molecule has 0 bridgehead atoms. The summed E-state index contributed by atoms with van der Waals surface area (Å²) in [7, 11) is 0. The zero-order valence-electron chi connectivity index (χ0n) is 14.4. The Bertz CT molecular complexity index is 892. The number of benzene rings is 1. The molecule has 1 aromatic carbocycles. The Morgan fingerprint density at radius 2 is 2.00 bits per heavy atom. The van der Waals surface area contributed by atoms with Gasteiger partial charge in [-0.05, 0) is 31.9 Å². The fraction of sp³-hybridized carbons (Fsp3) is 0.263. The first kappa shape index (κ1) is 16.3. The minimum atomic E-state index is -0.0900. The lowest BCUT2D eigenvalue weighted by molar-refractivity contribution is 0.0713. The Morgan fingerprint density at radius 3 is 2.69 bits per heavy atom. The van der Waals surface area contributed by atoms with E-state index in [0.717, 1.165) is 30.0 Å². The molecule has 3 aromatic rings. The number of carbonyl (C=O) groups excluding carboxylic acids is 1. The maximum atomic E-state index is 12.9. The highest BCUT2D eigenvalue weighted by Crippen LogP contribution is 2.33. The van der Waals surface area contributed by atoms with Gasteiger partial charge in [-0.15, -0.1) is 0 Å². The van der Waals surface area contributed by atoms with Crippen LogP contribution in [0.4, 0.5) is 11.6 Å². The SMILES string of the molecule is Cc1cc(C2CCCN2C(=O)c2cnc(Nc3ccccc3)nc2)on1. The van der Waals surface area contributed by atoms with Crippen molar-refractivity contribution in [2.45, 2.75) is 25.8 Å². The first-order valence-corrected chi connectivity index (χ1v) is 8.59. The van der Waals surface area contributed by atoms with Gasteiger partial charge >= 0.3 is 0 Å². The van der Waals surface area contributed by atoms with E-state index in [2.05, 4.69) is 20.4 Å². The average Bonchev–Trinajstić information content (AvgIpc) is 3.31. The van der Waals surface area contributed by atoms with E-state index >= 15 is 0 Å². The molecule has 0 spiro atoms. The van der Waals surface area contributed by atoms with E-state index in [0.29, 0.717) is 18.1 Å². The van der Waals surface area contributed by atoms with Gasteiger partial charge in [0, 0.05) is 30.7 Å². The van der Waals surface area contributed by atoms with Crippen molar-refractivity contribution in [1.82, 2.24) is 20.0 Å². The molecule has 0 aliphatic carbocycles. The number of aromatic nitrogens is 3. The van der Waals surface area contributed by atoms with Crippen LogP contribution in [0.2, 0.25) is 0 Å². The molecule has 1 unspecified atom stereocenters. The Hall–Kier alpha value is -3.22. The van der Waals surface area contributed by atoms with Crippen molar-refractivity contribution < 1.29 is 9.32 Å². The molecule has 1 aliphatic heterocycles. The highest BCUT2D eigenvalue weighted by atomic mass is 16.5. The minimum absolute atomic E-state index is 0.0779. The van der Waals surface area contributed by atoms with Crippen LogP contribution in [0.25, 0.3) is 0 Å². The molecule has 0 saturated carbocycles. The largest absolute Gasteiger partial charge is 0.359 e. The van der Waals surface area contributed by atoms with Crippen molar-refractivity contribution in [3.8, 4) is 0 Å². The number of anilines is 2. The van der Waals surface area contributed by atoms with E-state index in [1.807, 2.05) is 48.2 Å². The standard InChI is InChI=1S/C19H19N5O2/c1-13-10-17(26-23-13)16-8-5-9-24(16)18(25)14-11-20-19(21-12-14)22-15-6-3-2-4-7-15/h2-4,6-7,10-12,16H,5,8-9H2,1H3,(H,20,21,22). The molecule has 4 rings (SSSR count). The number of carbonyl (C=O) groups is 1. The van der Waals surface area contributed by atoms with Crippen LogP contribution in [-0.2, 0) is 0 Å². The fourth-order valence-electron chi connectivity index (χ4n) is 3.17. The highest BCUT2D eigenvalue weighted by molar-refractivity contribution is 5.94. The van der Waals surface area contributed by atoms with Crippen LogP contribution < -0.4 is 5.32 Å². The number of nitrogens with zero attached hydrogens (tertiary/aromatic N) is 4. The van der Waals surface area contributed by atoms with Gasteiger partial charge in [0.05, 0.1) is 17.3 Å². The van der Waals surface area contributed by atoms with Crippen LogP contribution in [0.1, 0.15) is 40.7 Å². The van der Waals surface area contributed by atoms with Gasteiger partial charge in [-0.2, -0.15) is 0 Å². The zero-order chi connectivity index (χ0) is 17.9. The second-order valence-electron chi connectivity index (χ2n) is 6.31. The van der Waals surface area contributed by atoms with Gasteiger partial charge in [0.15, 0.2) is 5.76 Å². The third-order valence-corrected chi connectivity index (χ3v) is 4.42. The summed E-state index contributed by atoms with van der Waals surface area (Å²) in [6, 6.07) is 11.5. The molecule has 2 aromatic heterocycles. The number of para-hydroxylation sites is 1. The number of hydrogen-bond acceptors (Lipinski definition) is 6. The molecule has 132 valence electrons. The maximum Gasteiger partial charge on any atom is 0.257 e. The van der Waals surface area contributed by atoms with Gasteiger partial charge < -0.3 is 14.7 Å². The number of amides is 1. The van der Waals surface area contributed by atoms with Crippen LogP contribution in [0, 0.1) is 6.92 Å². The number of rotatable bonds is 4. The van der Waals surface area contributed by atoms with Crippen molar-refractivity contribution in [3.05, 3.63) is 65.8 Å². The van der Waals surface area contributed by atoms with Crippen LogP contribution >= 0.6 is 0 Å². The quantitative estimate of drug-likeness (QED) is 0.776. The van der Waals surface area contributed by atoms with Gasteiger partial charge in [0.2, 0.25) is 5.95 Å². The fourth-order valence-corrected chi connectivity index (χ4v) is 3.17. The number of aryl methyl sites for hydroxylation is 1. The molecule has 1 atom stereocenters. The van der Waals surface area contributed by atoms with E-state index in [1.165, 1.54) is 0 Å². The van der Waals surface area contributed by atoms with Gasteiger partial charge in [-0.3, -0.25) is 4.79 Å². The van der Waals surface area contributed by atoms with Crippen LogP contribution in [0.15, 0.2) is 53.3 Å². The summed E-state index contributed by atoms with van der Waals surface area (Å²) in [6.07, 6.45) is 4.92. The van der Waals surface area contributed by atoms with Crippen molar-refractivity contribution in [1.29, 1.82) is 0 Å². The van der Waals surface area contributed by atoms with Crippen LogP contribution in [0.3, 0.4) is 0 Å². The van der Waals surface area contributed by atoms with E-state index in [1.54, 1.807) is 12.4 Å². The molecule has 7 heteroatoms. The molecule has 3 heterocycles. The maximum absolute atomic E-state index is 12.9. The molecule has 1 amide bonds. The normalized spacial score (nSPS) is 16.7. The average molecular weight is 349 g/mol. The Morgan fingerprint density at radius 1 is 1.23 bits per heavy atom. The van der Waals surface area contributed by atoms with E-state index in [9.17, 15) is 4.79 Å². The van der Waals surface area contributed by atoms with Gasteiger partial charge in [0.1, 0.15) is 0 Å².